The van der Waals surface area contributed by atoms with E-state index in [4.69, 9.17) is 39.9 Å². The first-order chi connectivity index (χ1) is 17.7. The summed E-state index contributed by atoms with van der Waals surface area (Å²) in [6, 6.07) is 19.9. The van der Waals surface area contributed by atoms with Gasteiger partial charge in [0.25, 0.3) is 0 Å². The van der Waals surface area contributed by atoms with Crippen LogP contribution in [0.4, 0.5) is 0 Å². The van der Waals surface area contributed by atoms with Crippen LogP contribution in [0.1, 0.15) is 24.0 Å². The maximum atomic E-state index is 6.70. The van der Waals surface area contributed by atoms with E-state index in [1.54, 1.807) is 14.2 Å². The van der Waals surface area contributed by atoms with E-state index < -0.39 is 12.2 Å². The molecular formula is C28H44N2O6. The Kier molecular flexibility index (Phi) is 16.2. The largest absolute Gasteiger partial charge is 0.382 e. The molecule has 0 aliphatic heterocycles. The minimum absolute atomic E-state index is 0.0723. The summed E-state index contributed by atoms with van der Waals surface area (Å²) in [6.07, 6.45) is 2.11. The van der Waals surface area contributed by atoms with Crippen molar-refractivity contribution in [3.63, 3.8) is 0 Å². The molecule has 0 saturated heterocycles. The van der Waals surface area contributed by atoms with Gasteiger partial charge in [0.2, 0.25) is 0 Å². The molecular weight excluding hydrogens is 460 g/mol. The minimum Gasteiger partial charge on any atom is -0.382 e. The molecule has 8 nitrogen and oxygen atoms in total. The second kappa shape index (κ2) is 19.3. The van der Waals surface area contributed by atoms with Crippen LogP contribution in [0.15, 0.2) is 60.7 Å². The highest BCUT2D eigenvalue weighted by Gasteiger charge is 2.33. The average Bonchev–Trinajstić information content (AvgIpc) is 2.92. The normalized spacial score (nSPS) is 14.9. The van der Waals surface area contributed by atoms with Crippen molar-refractivity contribution in [1.82, 2.24) is 0 Å². The molecule has 0 saturated carbocycles. The van der Waals surface area contributed by atoms with Gasteiger partial charge in [-0.3, -0.25) is 0 Å². The van der Waals surface area contributed by atoms with Crippen molar-refractivity contribution in [2.75, 3.05) is 54.2 Å². The summed E-state index contributed by atoms with van der Waals surface area (Å²) in [5.74, 6) is 0. The zero-order chi connectivity index (χ0) is 25.8. The number of aryl methyl sites for hydroxylation is 2. The molecule has 2 aromatic carbocycles. The first-order valence-corrected chi connectivity index (χ1v) is 12.6. The number of methoxy groups -OCH3 is 2. The molecule has 0 heterocycles. The Bertz CT molecular complexity index is 702. The van der Waals surface area contributed by atoms with Crippen molar-refractivity contribution in [2.45, 2.75) is 50.0 Å². The lowest BCUT2D eigenvalue weighted by Gasteiger charge is -2.35. The molecule has 202 valence electrons. The van der Waals surface area contributed by atoms with Gasteiger partial charge in [-0.05, 0) is 36.8 Å². The Labute approximate surface area is 216 Å². The maximum Gasteiger partial charge on any atom is 0.147 e. The first-order valence-electron chi connectivity index (χ1n) is 12.6. The molecule has 0 aliphatic rings. The van der Waals surface area contributed by atoms with Gasteiger partial charge in [-0.1, -0.05) is 60.7 Å². The van der Waals surface area contributed by atoms with E-state index in [0.29, 0.717) is 39.3 Å². The molecule has 0 aliphatic carbocycles. The highest BCUT2D eigenvalue weighted by Crippen LogP contribution is 2.19. The van der Waals surface area contributed by atoms with Gasteiger partial charge in [-0.2, -0.15) is 0 Å². The fourth-order valence-corrected chi connectivity index (χ4v) is 3.86. The number of nitrogens with two attached hydrogens (primary N) is 2. The average molecular weight is 505 g/mol. The molecule has 0 aromatic heterocycles. The molecule has 0 bridgehead atoms. The van der Waals surface area contributed by atoms with Gasteiger partial charge in [0.1, 0.15) is 25.8 Å². The topological polar surface area (TPSA) is 107 Å². The number of benzene rings is 2. The molecule has 2 aromatic rings. The Morgan fingerprint density at radius 1 is 0.583 bits per heavy atom. The second-order valence-electron chi connectivity index (χ2n) is 8.68. The predicted octanol–water partition coefficient (Wildman–Crippen LogP) is 2.92. The number of hydrogen-bond acceptors (Lipinski definition) is 8. The van der Waals surface area contributed by atoms with Gasteiger partial charge in [0.15, 0.2) is 0 Å². The van der Waals surface area contributed by atoms with E-state index in [1.807, 2.05) is 36.4 Å². The van der Waals surface area contributed by atoms with Gasteiger partial charge in [-0.15, -0.1) is 0 Å². The molecule has 4 N–H and O–H groups in total. The Balaban J connectivity index is 2.08. The van der Waals surface area contributed by atoms with Crippen LogP contribution < -0.4 is 11.5 Å². The number of ether oxygens (including phenoxy) is 6. The molecule has 0 unspecified atom stereocenters. The predicted molar refractivity (Wildman–Crippen MR) is 141 cm³/mol. The SMILES string of the molecule is COCCOCO[C@H]([C@@H](OCOCCOC)[C@H](N)CCc1ccccc1)[C@H](N)CCc1ccccc1. The van der Waals surface area contributed by atoms with Crippen molar-refractivity contribution in [3.05, 3.63) is 71.8 Å². The molecule has 0 spiro atoms. The highest BCUT2D eigenvalue weighted by atomic mass is 16.7. The van der Waals surface area contributed by atoms with Crippen molar-refractivity contribution in [1.29, 1.82) is 0 Å². The van der Waals surface area contributed by atoms with Gasteiger partial charge < -0.3 is 39.9 Å². The van der Waals surface area contributed by atoms with E-state index in [-0.39, 0.29) is 25.7 Å². The summed E-state index contributed by atoms with van der Waals surface area (Å²) in [5.41, 5.74) is 15.8. The highest BCUT2D eigenvalue weighted by molar-refractivity contribution is 5.16. The monoisotopic (exact) mass is 504 g/mol. The summed E-state index contributed by atoms with van der Waals surface area (Å²) in [7, 11) is 3.26. The molecule has 2 rings (SSSR count). The number of hydrogen-bond donors (Lipinski definition) is 2. The molecule has 4 atom stereocenters. The Morgan fingerprint density at radius 2 is 0.972 bits per heavy atom. The smallest absolute Gasteiger partial charge is 0.147 e. The zero-order valence-corrected chi connectivity index (χ0v) is 21.8. The van der Waals surface area contributed by atoms with Crippen molar-refractivity contribution >= 4 is 0 Å². The van der Waals surface area contributed by atoms with Crippen LogP contribution in [0.3, 0.4) is 0 Å². The first kappa shape index (κ1) is 30.3. The van der Waals surface area contributed by atoms with E-state index in [1.165, 1.54) is 11.1 Å². The van der Waals surface area contributed by atoms with Crippen molar-refractivity contribution in [2.24, 2.45) is 11.5 Å². The van der Waals surface area contributed by atoms with Gasteiger partial charge in [0, 0.05) is 26.3 Å². The van der Waals surface area contributed by atoms with Crippen LogP contribution in [-0.2, 0) is 41.3 Å². The van der Waals surface area contributed by atoms with Crippen LogP contribution >= 0.6 is 0 Å². The fourth-order valence-electron chi connectivity index (χ4n) is 3.86. The van der Waals surface area contributed by atoms with E-state index in [9.17, 15) is 0 Å². The lowest BCUT2D eigenvalue weighted by Crippen LogP contribution is -2.54. The van der Waals surface area contributed by atoms with Crippen LogP contribution in [0.2, 0.25) is 0 Å². The molecule has 0 amide bonds. The summed E-state index contributed by atoms with van der Waals surface area (Å²) >= 11 is 0. The number of rotatable bonds is 21. The summed E-state index contributed by atoms with van der Waals surface area (Å²) < 4.78 is 33.6. The summed E-state index contributed by atoms with van der Waals surface area (Å²) in [6.45, 7) is 1.96. The van der Waals surface area contributed by atoms with Crippen LogP contribution in [0.25, 0.3) is 0 Å². The van der Waals surface area contributed by atoms with E-state index in [0.717, 1.165) is 12.8 Å². The van der Waals surface area contributed by atoms with Gasteiger partial charge >= 0.3 is 0 Å². The van der Waals surface area contributed by atoms with Crippen molar-refractivity contribution in [3.8, 4) is 0 Å². The van der Waals surface area contributed by atoms with Crippen molar-refractivity contribution < 1.29 is 28.4 Å². The van der Waals surface area contributed by atoms with Gasteiger partial charge in [-0.25, -0.2) is 0 Å². The molecule has 8 heteroatoms. The summed E-state index contributed by atoms with van der Waals surface area (Å²) in [4.78, 5) is 0. The quantitative estimate of drug-likeness (QED) is 0.197. The second-order valence-corrected chi connectivity index (χ2v) is 8.68. The molecule has 36 heavy (non-hydrogen) atoms. The maximum absolute atomic E-state index is 6.70. The van der Waals surface area contributed by atoms with E-state index in [2.05, 4.69) is 24.3 Å². The van der Waals surface area contributed by atoms with E-state index >= 15 is 0 Å². The third-order valence-electron chi connectivity index (χ3n) is 5.94. The fraction of sp³-hybridized carbons (Fsp3) is 0.571. The van der Waals surface area contributed by atoms with Crippen LogP contribution in [0, 0.1) is 0 Å². The summed E-state index contributed by atoms with van der Waals surface area (Å²) in [5, 5.41) is 0. The third-order valence-corrected chi connectivity index (χ3v) is 5.94. The minimum atomic E-state index is -0.479. The zero-order valence-electron chi connectivity index (χ0n) is 21.8. The van der Waals surface area contributed by atoms with Crippen LogP contribution in [0.5, 0.6) is 0 Å². The molecule has 0 radical (unpaired) electrons. The van der Waals surface area contributed by atoms with Gasteiger partial charge in [0.05, 0.1) is 26.4 Å². The Hall–Kier alpha value is -1.88. The third kappa shape index (κ3) is 12.4. The lowest BCUT2D eigenvalue weighted by molar-refractivity contribution is -0.182. The molecule has 0 fully saturated rings. The lowest BCUT2D eigenvalue weighted by atomic mass is 9.92. The standard InChI is InChI=1S/C28H44N2O6/c1-31-17-19-33-21-35-27(25(29)15-13-23-9-5-3-6-10-23)28(36-22-34-20-18-32-2)26(30)16-14-24-11-7-4-8-12-24/h3-12,25-28H,13-22,29-30H2,1-2H3/t25-,26-,27+,28+/m1/s1. The van der Waals surface area contributed by atoms with Crippen LogP contribution in [-0.4, -0.2) is 78.5 Å². The Morgan fingerprint density at radius 3 is 1.33 bits per heavy atom.